The Labute approximate surface area is 174 Å². The first-order valence-electron chi connectivity index (χ1n) is 9.86. The number of nitrogens with zero attached hydrogens (tertiary/aromatic N) is 1. The average Bonchev–Trinajstić information content (AvgIpc) is 3.06. The van der Waals surface area contributed by atoms with E-state index in [0.29, 0.717) is 23.5 Å². The molecule has 0 spiro atoms. The smallest absolute Gasteiger partial charge is 0.251 e. The number of aryl methyl sites for hydroxylation is 3. The summed E-state index contributed by atoms with van der Waals surface area (Å²) in [6.45, 7) is 3.31. The van der Waals surface area contributed by atoms with Gasteiger partial charge in [-0.05, 0) is 50.3 Å². The number of hydrogen-bond donors (Lipinski definition) is 3. The van der Waals surface area contributed by atoms with Crippen molar-refractivity contribution in [2.75, 3.05) is 17.2 Å². The highest BCUT2D eigenvalue weighted by Gasteiger charge is 2.15. The molecule has 3 amide bonds. The number of benzene rings is 1. The lowest BCUT2D eigenvalue weighted by molar-refractivity contribution is -0.115. The van der Waals surface area contributed by atoms with E-state index in [4.69, 9.17) is 4.98 Å². The van der Waals surface area contributed by atoms with Gasteiger partial charge in [-0.25, -0.2) is 4.98 Å². The van der Waals surface area contributed by atoms with Gasteiger partial charge in [0.15, 0.2) is 0 Å². The molecule has 0 atom stereocenters. The van der Waals surface area contributed by atoms with Gasteiger partial charge in [-0.15, -0.1) is 11.3 Å². The molecule has 1 aliphatic rings. The second-order valence-electron chi connectivity index (χ2n) is 7.21. The van der Waals surface area contributed by atoms with Crippen molar-refractivity contribution in [1.29, 1.82) is 0 Å². The highest BCUT2D eigenvalue weighted by atomic mass is 32.1. The van der Waals surface area contributed by atoms with Crippen molar-refractivity contribution < 1.29 is 14.4 Å². The van der Waals surface area contributed by atoms with Crippen LogP contribution in [0.1, 0.15) is 59.0 Å². The van der Waals surface area contributed by atoms with Crippen LogP contribution in [0.15, 0.2) is 18.2 Å². The van der Waals surface area contributed by atoms with Gasteiger partial charge in [-0.1, -0.05) is 0 Å². The predicted octanol–water partition coefficient (Wildman–Crippen LogP) is 3.30. The molecule has 8 heteroatoms. The molecule has 0 fully saturated rings. The molecule has 0 saturated carbocycles. The molecule has 2 aromatic rings. The zero-order chi connectivity index (χ0) is 20.8. The Bertz CT molecular complexity index is 865. The summed E-state index contributed by atoms with van der Waals surface area (Å²) >= 11 is 1.80. The van der Waals surface area contributed by atoms with Gasteiger partial charge in [0, 0.05) is 48.6 Å². The third kappa shape index (κ3) is 6.12. The molecular weight excluding hydrogens is 388 g/mol. The average molecular weight is 415 g/mol. The van der Waals surface area contributed by atoms with Crippen LogP contribution >= 0.6 is 11.3 Å². The molecule has 0 radical (unpaired) electrons. The Morgan fingerprint density at radius 3 is 2.28 bits per heavy atom. The third-order valence-corrected chi connectivity index (χ3v) is 5.80. The maximum Gasteiger partial charge on any atom is 0.251 e. The van der Waals surface area contributed by atoms with E-state index in [0.717, 1.165) is 30.7 Å². The van der Waals surface area contributed by atoms with E-state index < -0.39 is 0 Å². The highest BCUT2D eigenvalue weighted by molar-refractivity contribution is 7.11. The molecule has 29 heavy (non-hydrogen) atoms. The predicted molar refractivity (Wildman–Crippen MR) is 114 cm³/mol. The zero-order valence-corrected chi connectivity index (χ0v) is 17.6. The molecule has 0 aliphatic heterocycles. The van der Waals surface area contributed by atoms with Gasteiger partial charge in [0.2, 0.25) is 11.8 Å². The van der Waals surface area contributed by atoms with Crippen LogP contribution in [0.4, 0.5) is 11.4 Å². The minimum atomic E-state index is -0.248. The second kappa shape index (κ2) is 9.65. The van der Waals surface area contributed by atoms with E-state index in [2.05, 4.69) is 16.0 Å². The highest BCUT2D eigenvalue weighted by Crippen LogP contribution is 2.27. The molecule has 3 rings (SSSR count). The maximum atomic E-state index is 12.5. The van der Waals surface area contributed by atoms with Crippen LogP contribution in [0.5, 0.6) is 0 Å². The van der Waals surface area contributed by atoms with E-state index in [9.17, 15) is 14.4 Å². The molecule has 1 aromatic carbocycles. The molecule has 154 valence electrons. The number of nitrogens with one attached hydrogen (secondary N) is 3. The van der Waals surface area contributed by atoms with Crippen LogP contribution in [-0.2, 0) is 28.9 Å². The summed E-state index contributed by atoms with van der Waals surface area (Å²) in [5.41, 5.74) is 2.56. The first-order valence-corrected chi connectivity index (χ1v) is 10.7. The number of rotatable bonds is 7. The van der Waals surface area contributed by atoms with Crippen molar-refractivity contribution in [3.05, 3.63) is 39.3 Å². The van der Waals surface area contributed by atoms with Crippen molar-refractivity contribution in [3.8, 4) is 0 Å². The Kier molecular flexibility index (Phi) is 6.98. The quantitative estimate of drug-likeness (QED) is 0.605. The summed E-state index contributed by atoms with van der Waals surface area (Å²) in [5.74, 6) is -0.743. The van der Waals surface area contributed by atoms with Crippen molar-refractivity contribution >= 4 is 40.4 Å². The van der Waals surface area contributed by atoms with Gasteiger partial charge in [-0.2, -0.15) is 0 Å². The van der Waals surface area contributed by atoms with Crippen LogP contribution in [0.25, 0.3) is 0 Å². The largest absolute Gasteiger partial charge is 0.352 e. The molecule has 1 aromatic heterocycles. The van der Waals surface area contributed by atoms with Crippen LogP contribution in [0.3, 0.4) is 0 Å². The molecule has 7 nitrogen and oxygen atoms in total. The molecule has 0 saturated heterocycles. The normalized spacial score (nSPS) is 12.8. The van der Waals surface area contributed by atoms with Gasteiger partial charge in [0.05, 0.1) is 10.7 Å². The van der Waals surface area contributed by atoms with E-state index in [-0.39, 0.29) is 17.7 Å². The molecule has 0 unspecified atom stereocenters. The number of fused-ring (bicyclic) bond motifs is 1. The van der Waals surface area contributed by atoms with Gasteiger partial charge >= 0.3 is 0 Å². The van der Waals surface area contributed by atoms with E-state index in [1.807, 2.05) is 0 Å². The fourth-order valence-electron chi connectivity index (χ4n) is 3.37. The first-order chi connectivity index (χ1) is 13.9. The first kappa shape index (κ1) is 21.0. The van der Waals surface area contributed by atoms with Crippen molar-refractivity contribution in [2.45, 2.75) is 52.4 Å². The summed E-state index contributed by atoms with van der Waals surface area (Å²) in [7, 11) is 0. The van der Waals surface area contributed by atoms with E-state index in [1.165, 1.54) is 37.3 Å². The minimum Gasteiger partial charge on any atom is -0.352 e. The lowest BCUT2D eigenvalue weighted by Gasteiger charge is -2.11. The monoisotopic (exact) mass is 414 g/mol. The van der Waals surface area contributed by atoms with Crippen molar-refractivity contribution in [1.82, 2.24) is 10.3 Å². The summed E-state index contributed by atoms with van der Waals surface area (Å²) in [4.78, 5) is 41.4. The number of anilines is 2. The molecule has 1 aliphatic carbocycles. The summed E-state index contributed by atoms with van der Waals surface area (Å²) in [6, 6.07) is 4.80. The van der Waals surface area contributed by atoms with E-state index in [1.54, 1.807) is 29.5 Å². The van der Waals surface area contributed by atoms with Crippen molar-refractivity contribution in [3.63, 3.8) is 0 Å². The second-order valence-corrected chi connectivity index (χ2v) is 8.37. The SMILES string of the molecule is CC(=O)Nc1cc(NC(C)=O)cc(C(=O)NCCCc2nc3c(s2)CCCC3)c1. The lowest BCUT2D eigenvalue weighted by Crippen LogP contribution is -2.25. The van der Waals surface area contributed by atoms with Crippen LogP contribution in [0.2, 0.25) is 0 Å². The fourth-order valence-corrected chi connectivity index (χ4v) is 4.56. The number of hydrogen-bond acceptors (Lipinski definition) is 5. The minimum absolute atomic E-state index is 0.248. The standard InChI is InChI=1S/C21H26N4O3S/c1-13(26)23-16-10-15(11-17(12-16)24-14(2)27)21(28)22-9-5-8-20-25-18-6-3-4-7-19(18)29-20/h10-12H,3-9H2,1-2H3,(H,22,28)(H,23,26)(H,24,27). The summed E-state index contributed by atoms with van der Waals surface area (Å²) in [6.07, 6.45) is 6.37. The number of aromatic nitrogens is 1. The third-order valence-electron chi connectivity index (χ3n) is 4.58. The molecule has 1 heterocycles. The number of thiazole rings is 1. The van der Waals surface area contributed by atoms with E-state index >= 15 is 0 Å². The summed E-state index contributed by atoms with van der Waals surface area (Å²) < 4.78 is 0. The topological polar surface area (TPSA) is 100 Å². The van der Waals surface area contributed by atoms with Crippen molar-refractivity contribution in [2.24, 2.45) is 0 Å². The van der Waals surface area contributed by atoms with Gasteiger partial charge in [0.1, 0.15) is 0 Å². The molecule has 3 N–H and O–H groups in total. The molecular formula is C21H26N4O3S. The van der Waals surface area contributed by atoms with Gasteiger partial charge < -0.3 is 16.0 Å². The Morgan fingerprint density at radius 2 is 1.66 bits per heavy atom. The Morgan fingerprint density at radius 1 is 1.00 bits per heavy atom. The summed E-state index contributed by atoms with van der Waals surface area (Å²) in [5, 5.41) is 9.35. The van der Waals surface area contributed by atoms with Crippen LogP contribution < -0.4 is 16.0 Å². The van der Waals surface area contributed by atoms with Gasteiger partial charge in [0.25, 0.3) is 5.91 Å². The Hall–Kier alpha value is -2.74. The van der Waals surface area contributed by atoms with Crippen LogP contribution in [0, 0.1) is 0 Å². The number of carbonyl (C=O) groups excluding carboxylic acids is 3. The fraction of sp³-hybridized carbons (Fsp3) is 0.429. The zero-order valence-electron chi connectivity index (χ0n) is 16.8. The number of carbonyl (C=O) groups is 3. The number of amides is 3. The van der Waals surface area contributed by atoms with Gasteiger partial charge in [-0.3, -0.25) is 14.4 Å². The Balaban J connectivity index is 1.56. The van der Waals surface area contributed by atoms with Crippen LogP contribution in [-0.4, -0.2) is 29.3 Å². The maximum absolute atomic E-state index is 12.5. The lowest BCUT2D eigenvalue weighted by atomic mass is 10.0. The molecule has 0 bridgehead atoms.